The van der Waals surface area contributed by atoms with Gasteiger partial charge in [0.25, 0.3) is 5.91 Å². The number of hydrogen-bond donors (Lipinski definition) is 2. The van der Waals surface area contributed by atoms with Crippen molar-refractivity contribution in [2.24, 2.45) is 16.8 Å². The summed E-state index contributed by atoms with van der Waals surface area (Å²) in [5, 5.41) is 5.82. The van der Waals surface area contributed by atoms with Crippen molar-refractivity contribution in [2.45, 2.75) is 31.8 Å². The molecular weight excluding hydrogens is 557 g/mol. The van der Waals surface area contributed by atoms with Gasteiger partial charge in [-0.2, -0.15) is 0 Å². The molecule has 0 radical (unpaired) electrons. The maximum Gasteiger partial charge on any atom is 0.321 e. The molecule has 3 heterocycles. The van der Waals surface area contributed by atoms with E-state index in [-0.39, 0.29) is 23.7 Å². The van der Waals surface area contributed by atoms with Gasteiger partial charge < -0.3 is 15.5 Å². The first-order valence-corrected chi connectivity index (χ1v) is 14.6. The number of urea groups is 1. The van der Waals surface area contributed by atoms with E-state index >= 15 is 4.39 Å². The molecule has 4 amide bonds. The highest BCUT2D eigenvalue weighted by molar-refractivity contribution is 6.30. The highest BCUT2D eigenvalue weighted by Gasteiger charge is 2.37. The van der Waals surface area contributed by atoms with E-state index in [2.05, 4.69) is 15.6 Å². The van der Waals surface area contributed by atoms with Crippen molar-refractivity contribution >= 4 is 46.5 Å². The van der Waals surface area contributed by atoms with Gasteiger partial charge in [-0.15, -0.1) is 0 Å². The summed E-state index contributed by atoms with van der Waals surface area (Å²) >= 11 is 5.96. The first-order chi connectivity index (χ1) is 20.4. The quantitative estimate of drug-likeness (QED) is 0.415. The van der Waals surface area contributed by atoms with Gasteiger partial charge in [-0.1, -0.05) is 41.9 Å². The number of carbonyl (C=O) groups excluding carboxylic acids is 3. The standard InChI is InChI=1S/C32H31ClFN5O3/c33-22-13-15-23(16-14-22)35-32(42)37-30-31(41)39(19-28(40)38-17-20-9-10-21(18-38)12-11-20)27-8-4-2-6-25(27)29(36-30)24-5-1-3-7-26(24)34/h1-8,13-16,20-21,30H,9-12,17-19H2,(H2,35,37,42). The van der Waals surface area contributed by atoms with Gasteiger partial charge in [0.15, 0.2) is 0 Å². The van der Waals surface area contributed by atoms with Crippen LogP contribution in [-0.4, -0.2) is 54.3 Å². The van der Waals surface area contributed by atoms with Gasteiger partial charge in [-0.05, 0) is 80.0 Å². The number of aliphatic imine (C=N–C) groups is 1. The normalized spacial score (nSPS) is 21.6. The number of nitrogens with one attached hydrogen (secondary N) is 2. The van der Waals surface area contributed by atoms with E-state index in [1.807, 2.05) is 4.90 Å². The zero-order valence-corrected chi connectivity index (χ0v) is 23.7. The summed E-state index contributed by atoms with van der Waals surface area (Å²) in [5.41, 5.74) is 1.76. The molecule has 1 saturated carbocycles. The number of benzodiazepines with no additional fused rings is 1. The molecule has 4 aliphatic rings. The molecule has 0 spiro atoms. The van der Waals surface area contributed by atoms with E-state index in [0.29, 0.717) is 46.9 Å². The van der Waals surface area contributed by atoms with Crippen LogP contribution in [0.1, 0.15) is 36.8 Å². The lowest BCUT2D eigenvalue weighted by Gasteiger charge is -2.29. The van der Waals surface area contributed by atoms with Crippen LogP contribution in [0, 0.1) is 17.7 Å². The van der Waals surface area contributed by atoms with Crippen LogP contribution in [0.25, 0.3) is 0 Å². The molecule has 3 aromatic rings. The molecule has 8 nitrogen and oxygen atoms in total. The Morgan fingerprint density at radius 3 is 2.17 bits per heavy atom. The van der Waals surface area contributed by atoms with Crippen molar-refractivity contribution in [2.75, 3.05) is 29.9 Å². The highest BCUT2D eigenvalue weighted by Crippen LogP contribution is 2.34. The maximum atomic E-state index is 15.1. The van der Waals surface area contributed by atoms with Crippen LogP contribution in [0.5, 0.6) is 0 Å². The number of hydrogen-bond acceptors (Lipinski definition) is 4. The SMILES string of the molecule is O=C(Nc1ccc(Cl)cc1)NC1N=C(c2ccccc2F)c2ccccc2N(CC(=O)N2CC3CCC(CC3)C2)C1=O. The summed E-state index contributed by atoms with van der Waals surface area (Å²) in [5.74, 6) is -0.321. The van der Waals surface area contributed by atoms with Crippen LogP contribution in [0.15, 0.2) is 77.8 Å². The number of halogens is 2. The second-order valence-corrected chi connectivity index (χ2v) is 11.5. The van der Waals surface area contributed by atoms with Crippen molar-refractivity contribution in [3.05, 3.63) is 94.8 Å². The van der Waals surface area contributed by atoms with Crippen molar-refractivity contribution in [1.82, 2.24) is 10.2 Å². The molecule has 7 rings (SSSR count). The Hall–Kier alpha value is -4.24. The number of carbonyl (C=O) groups is 3. The second-order valence-electron chi connectivity index (χ2n) is 11.1. The number of anilines is 2. The fraction of sp³-hybridized carbons (Fsp3) is 0.312. The second kappa shape index (κ2) is 11.9. The fourth-order valence-corrected chi connectivity index (χ4v) is 6.24. The molecule has 2 saturated heterocycles. The Morgan fingerprint density at radius 2 is 1.50 bits per heavy atom. The van der Waals surface area contributed by atoms with Crippen LogP contribution < -0.4 is 15.5 Å². The highest BCUT2D eigenvalue weighted by atomic mass is 35.5. The third kappa shape index (κ3) is 5.87. The Balaban J connectivity index is 1.35. The summed E-state index contributed by atoms with van der Waals surface area (Å²) < 4.78 is 15.1. The predicted molar refractivity (Wildman–Crippen MR) is 160 cm³/mol. The summed E-state index contributed by atoms with van der Waals surface area (Å²) in [6.07, 6.45) is 3.05. The first-order valence-electron chi connectivity index (χ1n) is 14.2. The van der Waals surface area contributed by atoms with Crippen molar-refractivity contribution < 1.29 is 18.8 Å². The molecule has 3 fully saturated rings. The molecule has 2 bridgehead atoms. The van der Waals surface area contributed by atoms with E-state index in [1.165, 1.54) is 11.0 Å². The molecule has 10 heteroatoms. The maximum absolute atomic E-state index is 15.1. The first kappa shape index (κ1) is 27.9. The Morgan fingerprint density at radius 1 is 0.881 bits per heavy atom. The molecule has 42 heavy (non-hydrogen) atoms. The minimum absolute atomic E-state index is 0.157. The largest absolute Gasteiger partial charge is 0.341 e. The molecule has 1 atom stereocenters. The van der Waals surface area contributed by atoms with E-state index in [9.17, 15) is 14.4 Å². The summed E-state index contributed by atoms with van der Waals surface area (Å²) in [6, 6.07) is 19.0. The lowest BCUT2D eigenvalue weighted by molar-refractivity contribution is -0.132. The minimum Gasteiger partial charge on any atom is -0.341 e. The molecule has 3 aliphatic heterocycles. The average molecular weight is 588 g/mol. The summed E-state index contributed by atoms with van der Waals surface area (Å²) in [4.78, 5) is 48.8. The number of benzene rings is 3. The van der Waals surface area contributed by atoms with Gasteiger partial charge in [0.05, 0.1) is 11.4 Å². The predicted octanol–water partition coefficient (Wildman–Crippen LogP) is 5.46. The van der Waals surface area contributed by atoms with Gasteiger partial charge in [-0.25, -0.2) is 14.2 Å². The van der Waals surface area contributed by atoms with Crippen LogP contribution in [0.3, 0.4) is 0 Å². The molecule has 0 aromatic heterocycles. The van der Waals surface area contributed by atoms with Gasteiger partial charge in [0, 0.05) is 34.9 Å². The zero-order valence-electron chi connectivity index (χ0n) is 22.9. The van der Waals surface area contributed by atoms with Gasteiger partial charge in [0.2, 0.25) is 12.1 Å². The third-order valence-corrected chi connectivity index (χ3v) is 8.53. The Kier molecular flexibility index (Phi) is 7.93. The van der Waals surface area contributed by atoms with E-state index < -0.39 is 23.9 Å². The Bertz CT molecular complexity index is 1520. The van der Waals surface area contributed by atoms with E-state index in [0.717, 1.165) is 25.7 Å². The zero-order chi connectivity index (χ0) is 29.2. The average Bonchev–Trinajstić information content (AvgIpc) is 3.38. The topological polar surface area (TPSA) is 94.1 Å². The van der Waals surface area contributed by atoms with Crippen LogP contribution in [0.2, 0.25) is 5.02 Å². The number of fused-ring (bicyclic) bond motifs is 5. The van der Waals surface area contributed by atoms with Crippen molar-refractivity contribution in [3.63, 3.8) is 0 Å². The molecule has 1 unspecified atom stereocenters. The number of rotatable bonds is 5. The molecule has 2 N–H and O–H groups in total. The van der Waals surface area contributed by atoms with Crippen molar-refractivity contribution in [3.8, 4) is 0 Å². The number of amides is 4. The van der Waals surface area contributed by atoms with Crippen LogP contribution in [0.4, 0.5) is 20.6 Å². The lowest BCUT2D eigenvalue weighted by atomic mass is 9.84. The summed E-state index contributed by atoms with van der Waals surface area (Å²) in [6.45, 7) is 1.15. The van der Waals surface area contributed by atoms with Crippen LogP contribution in [-0.2, 0) is 9.59 Å². The molecule has 3 aromatic carbocycles. The fourth-order valence-electron chi connectivity index (χ4n) is 6.11. The van der Waals surface area contributed by atoms with Gasteiger partial charge in [-0.3, -0.25) is 14.5 Å². The van der Waals surface area contributed by atoms with Crippen LogP contribution >= 0.6 is 11.6 Å². The Labute approximate surface area is 248 Å². The van der Waals surface area contributed by atoms with Crippen molar-refractivity contribution in [1.29, 1.82) is 0 Å². The number of para-hydroxylation sites is 1. The minimum atomic E-state index is -1.42. The third-order valence-electron chi connectivity index (χ3n) is 8.28. The van der Waals surface area contributed by atoms with Gasteiger partial charge in [0.1, 0.15) is 12.4 Å². The van der Waals surface area contributed by atoms with E-state index in [1.54, 1.807) is 66.7 Å². The lowest BCUT2D eigenvalue weighted by Crippen LogP contribution is -2.51. The van der Waals surface area contributed by atoms with Gasteiger partial charge >= 0.3 is 6.03 Å². The van der Waals surface area contributed by atoms with E-state index in [4.69, 9.17) is 11.6 Å². The monoisotopic (exact) mass is 587 g/mol. The molecule has 1 aliphatic carbocycles. The molecule has 216 valence electrons. The number of nitrogens with zero attached hydrogens (tertiary/aromatic N) is 3. The smallest absolute Gasteiger partial charge is 0.321 e. The molecular formula is C32H31ClFN5O3. The summed E-state index contributed by atoms with van der Waals surface area (Å²) in [7, 11) is 0.